The minimum absolute atomic E-state index is 0.108. The third-order valence-electron chi connectivity index (χ3n) is 2.54. The summed E-state index contributed by atoms with van der Waals surface area (Å²) in [5.74, 6) is 0.458. The highest BCUT2D eigenvalue weighted by Gasteiger charge is 2.12. The first-order valence-electron chi connectivity index (χ1n) is 5.31. The van der Waals surface area contributed by atoms with Crippen LogP contribution in [0, 0.1) is 12.7 Å². The lowest BCUT2D eigenvalue weighted by Crippen LogP contribution is -2.14. The molecule has 90 valence electrons. The van der Waals surface area contributed by atoms with E-state index in [0.717, 1.165) is 10.5 Å². The highest BCUT2D eigenvalue weighted by Crippen LogP contribution is 2.29. The zero-order chi connectivity index (χ0) is 12.1. The van der Waals surface area contributed by atoms with E-state index in [1.807, 2.05) is 20.0 Å². The van der Waals surface area contributed by atoms with Crippen molar-refractivity contribution >= 4 is 11.8 Å². The molecule has 2 N–H and O–H groups in total. The van der Waals surface area contributed by atoms with E-state index in [0.29, 0.717) is 11.3 Å². The van der Waals surface area contributed by atoms with Gasteiger partial charge >= 0.3 is 0 Å². The minimum atomic E-state index is -0.176. The van der Waals surface area contributed by atoms with Crippen LogP contribution >= 0.6 is 11.8 Å². The number of thioether (sulfide) groups is 1. The molecule has 0 spiro atoms. The lowest BCUT2D eigenvalue weighted by Gasteiger charge is -2.16. The van der Waals surface area contributed by atoms with Crippen LogP contribution in [0.4, 0.5) is 4.39 Å². The molecule has 0 aliphatic heterocycles. The van der Waals surface area contributed by atoms with Crippen LogP contribution in [-0.4, -0.2) is 24.5 Å². The van der Waals surface area contributed by atoms with Gasteiger partial charge in [-0.05, 0) is 44.2 Å². The number of benzene rings is 1. The normalized spacial score (nSPS) is 12.8. The summed E-state index contributed by atoms with van der Waals surface area (Å²) in [5.41, 5.74) is 1.59. The number of hydrogen-bond donors (Lipinski definition) is 2. The molecular weight excluding hydrogens is 225 g/mol. The molecule has 1 rings (SSSR count). The van der Waals surface area contributed by atoms with Crippen LogP contribution < -0.4 is 5.32 Å². The van der Waals surface area contributed by atoms with E-state index in [-0.39, 0.29) is 18.5 Å². The van der Waals surface area contributed by atoms with E-state index < -0.39 is 0 Å². The number of aryl methyl sites for hydroxylation is 1. The lowest BCUT2D eigenvalue weighted by molar-refractivity contribution is 0.322. The van der Waals surface area contributed by atoms with Crippen molar-refractivity contribution in [1.82, 2.24) is 5.32 Å². The average Bonchev–Trinajstić information content (AvgIpc) is 2.29. The molecule has 0 amide bonds. The fourth-order valence-corrected chi connectivity index (χ4v) is 2.42. The molecule has 0 saturated heterocycles. The van der Waals surface area contributed by atoms with E-state index in [2.05, 4.69) is 5.32 Å². The van der Waals surface area contributed by atoms with Gasteiger partial charge in [-0.25, -0.2) is 4.39 Å². The Morgan fingerprint density at radius 2 is 2.19 bits per heavy atom. The van der Waals surface area contributed by atoms with Gasteiger partial charge in [-0.1, -0.05) is 0 Å². The molecule has 0 fully saturated rings. The first kappa shape index (κ1) is 13.5. The Hall–Kier alpha value is -0.580. The Morgan fingerprint density at radius 3 is 2.75 bits per heavy atom. The van der Waals surface area contributed by atoms with Gasteiger partial charge in [0.25, 0.3) is 0 Å². The number of aliphatic hydroxyl groups is 1. The molecule has 0 bridgehead atoms. The predicted molar refractivity (Wildman–Crippen MR) is 66.4 cm³/mol. The average molecular weight is 243 g/mol. The lowest BCUT2D eigenvalue weighted by atomic mass is 10.1. The summed E-state index contributed by atoms with van der Waals surface area (Å²) in [4.78, 5) is 1.04. The molecule has 1 aromatic rings. The molecule has 0 saturated carbocycles. The predicted octanol–water partition coefficient (Wildman–Crippen LogP) is 2.50. The van der Waals surface area contributed by atoms with E-state index in [9.17, 15) is 4.39 Å². The third-order valence-corrected chi connectivity index (χ3v) is 3.59. The Kier molecular flexibility index (Phi) is 5.25. The van der Waals surface area contributed by atoms with E-state index in [1.165, 1.54) is 0 Å². The summed E-state index contributed by atoms with van der Waals surface area (Å²) >= 11 is 1.56. The van der Waals surface area contributed by atoms with Crippen LogP contribution in [-0.2, 0) is 0 Å². The van der Waals surface area contributed by atoms with Crippen molar-refractivity contribution < 1.29 is 9.50 Å². The number of halogens is 1. The fourth-order valence-electron chi connectivity index (χ4n) is 1.44. The van der Waals surface area contributed by atoms with Crippen LogP contribution in [0.2, 0.25) is 0 Å². The summed E-state index contributed by atoms with van der Waals surface area (Å²) < 4.78 is 13.5. The van der Waals surface area contributed by atoms with Gasteiger partial charge in [-0.15, -0.1) is 11.8 Å². The standard InChI is InChI=1S/C12H18FNOS/c1-8-6-12(16-5-4-15)10(7-11(8)13)9(2)14-3/h6-7,9,14-15H,4-5H2,1-3H3. The summed E-state index contributed by atoms with van der Waals surface area (Å²) in [7, 11) is 1.85. The molecule has 1 unspecified atom stereocenters. The molecule has 1 aromatic carbocycles. The Labute approximate surface area is 100 Å². The van der Waals surface area contributed by atoms with Crippen molar-refractivity contribution in [3.05, 3.63) is 29.1 Å². The molecule has 2 nitrogen and oxygen atoms in total. The number of nitrogens with one attached hydrogen (secondary N) is 1. The first-order valence-corrected chi connectivity index (χ1v) is 6.29. The van der Waals surface area contributed by atoms with E-state index in [4.69, 9.17) is 5.11 Å². The highest BCUT2D eigenvalue weighted by molar-refractivity contribution is 7.99. The molecule has 0 aromatic heterocycles. The van der Waals surface area contributed by atoms with Crippen LogP contribution in [0.25, 0.3) is 0 Å². The van der Waals surface area contributed by atoms with Crippen molar-refractivity contribution in [2.75, 3.05) is 19.4 Å². The highest BCUT2D eigenvalue weighted by atomic mass is 32.2. The van der Waals surface area contributed by atoms with E-state index in [1.54, 1.807) is 24.8 Å². The van der Waals surface area contributed by atoms with Gasteiger partial charge in [-0.3, -0.25) is 0 Å². The second-order valence-corrected chi connectivity index (χ2v) is 4.86. The molecule has 16 heavy (non-hydrogen) atoms. The second kappa shape index (κ2) is 6.23. The summed E-state index contributed by atoms with van der Waals surface area (Å²) in [5, 5.41) is 11.9. The molecule has 0 heterocycles. The van der Waals surface area contributed by atoms with E-state index >= 15 is 0 Å². The monoisotopic (exact) mass is 243 g/mol. The Morgan fingerprint density at radius 1 is 1.50 bits per heavy atom. The fraction of sp³-hybridized carbons (Fsp3) is 0.500. The molecule has 0 aliphatic carbocycles. The smallest absolute Gasteiger partial charge is 0.126 e. The maximum Gasteiger partial charge on any atom is 0.126 e. The maximum atomic E-state index is 13.5. The largest absolute Gasteiger partial charge is 0.396 e. The Balaban J connectivity index is 3.06. The van der Waals surface area contributed by atoms with Crippen LogP contribution in [0.1, 0.15) is 24.1 Å². The number of rotatable bonds is 5. The molecule has 0 aliphatic rings. The van der Waals surface area contributed by atoms with Crippen molar-refractivity contribution in [3.8, 4) is 0 Å². The molecule has 4 heteroatoms. The zero-order valence-corrected chi connectivity index (χ0v) is 10.7. The molecular formula is C12H18FNOS. The van der Waals surface area contributed by atoms with Gasteiger partial charge in [0.15, 0.2) is 0 Å². The maximum absolute atomic E-state index is 13.5. The van der Waals surface area contributed by atoms with Gasteiger partial charge in [-0.2, -0.15) is 0 Å². The molecule has 0 radical (unpaired) electrons. The van der Waals surface area contributed by atoms with Crippen molar-refractivity contribution in [3.63, 3.8) is 0 Å². The molecule has 1 atom stereocenters. The van der Waals surface area contributed by atoms with Crippen LogP contribution in [0.3, 0.4) is 0 Å². The number of hydrogen-bond acceptors (Lipinski definition) is 3. The summed E-state index contributed by atoms with van der Waals surface area (Å²) in [6.45, 7) is 3.88. The van der Waals surface area contributed by atoms with Gasteiger partial charge < -0.3 is 10.4 Å². The number of aliphatic hydroxyl groups excluding tert-OH is 1. The van der Waals surface area contributed by atoms with Crippen LogP contribution in [0.15, 0.2) is 17.0 Å². The second-order valence-electron chi connectivity index (χ2n) is 3.72. The SMILES string of the molecule is CNC(C)c1cc(F)c(C)cc1SCCO. The van der Waals surface area contributed by atoms with Gasteiger partial charge in [0, 0.05) is 16.7 Å². The van der Waals surface area contributed by atoms with Gasteiger partial charge in [0.1, 0.15) is 5.82 Å². The summed E-state index contributed by atoms with van der Waals surface area (Å²) in [6.07, 6.45) is 0. The third kappa shape index (κ3) is 3.20. The van der Waals surface area contributed by atoms with Crippen molar-refractivity contribution in [2.45, 2.75) is 24.8 Å². The van der Waals surface area contributed by atoms with Gasteiger partial charge in [0.2, 0.25) is 0 Å². The zero-order valence-electron chi connectivity index (χ0n) is 9.88. The first-order chi connectivity index (χ1) is 7.60. The minimum Gasteiger partial charge on any atom is -0.396 e. The van der Waals surface area contributed by atoms with Crippen LogP contribution in [0.5, 0.6) is 0 Å². The Bertz CT molecular complexity index is 357. The summed E-state index contributed by atoms with van der Waals surface area (Å²) in [6, 6.07) is 3.53. The van der Waals surface area contributed by atoms with Crippen molar-refractivity contribution in [2.24, 2.45) is 0 Å². The van der Waals surface area contributed by atoms with Crippen molar-refractivity contribution in [1.29, 1.82) is 0 Å². The quantitative estimate of drug-likeness (QED) is 0.779. The van der Waals surface area contributed by atoms with Gasteiger partial charge in [0.05, 0.1) is 6.61 Å². The topological polar surface area (TPSA) is 32.3 Å².